The monoisotopic (exact) mass is 139 g/mol. The van der Waals surface area contributed by atoms with Crippen molar-refractivity contribution in [1.82, 2.24) is 0 Å². The lowest BCUT2D eigenvalue weighted by molar-refractivity contribution is 0.900. The molecule has 2 heteroatoms. The van der Waals surface area contributed by atoms with E-state index in [2.05, 4.69) is 6.07 Å². The second-order valence-corrected chi connectivity index (χ2v) is 3.19. The fourth-order valence-electron chi connectivity index (χ4n) is 0.882. The smallest absolute Gasteiger partial charge is 0.0911 e. The molecular formula is C7H9NS. The van der Waals surface area contributed by atoms with E-state index in [9.17, 15) is 0 Å². The lowest BCUT2D eigenvalue weighted by Gasteiger charge is -2.10. The third-order valence-electron chi connectivity index (χ3n) is 1.34. The van der Waals surface area contributed by atoms with Crippen LogP contribution >= 0.6 is 11.8 Å². The summed E-state index contributed by atoms with van der Waals surface area (Å²) < 4.78 is 0. The molecule has 0 radical (unpaired) electrons. The highest BCUT2D eigenvalue weighted by atomic mass is 32.2. The molecule has 1 nitrogen and oxygen atoms in total. The highest BCUT2D eigenvalue weighted by Gasteiger charge is 2.03. The van der Waals surface area contributed by atoms with E-state index in [-0.39, 0.29) is 0 Å². The van der Waals surface area contributed by atoms with E-state index in [4.69, 9.17) is 5.26 Å². The van der Waals surface area contributed by atoms with Gasteiger partial charge in [0.15, 0.2) is 0 Å². The van der Waals surface area contributed by atoms with Crippen LogP contribution < -0.4 is 0 Å². The normalized spacial score (nSPS) is 23.7. The second-order valence-electron chi connectivity index (χ2n) is 2.09. The highest BCUT2D eigenvalue weighted by Crippen LogP contribution is 2.20. The summed E-state index contributed by atoms with van der Waals surface area (Å²) in [4.78, 5) is 0. The van der Waals surface area contributed by atoms with Crippen LogP contribution in [0.1, 0.15) is 12.8 Å². The second kappa shape index (κ2) is 3.58. The summed E-state index contributed by atoms with van der Waals surface area (Å²) in [5, 5.41) is 8.28. The zero-order chi connectivity index (χ0) is 6.53. The van der Waals surface area contributed by atoms with Gasteiger partial charge in [-0.15, -0.1) is 0 Å². The quantitative estimate of drug-likeness (QED) is 0.479. The lowest BCUT2D eigenvalue weighted by Crippen LogP contribution is -1.97. The molecule has 1 aliphatic rings. The van der Waals surface area contributed by atoms with Gasteiger partial charge in [0.25, 0.3) is 0 Å². The van der Waals surface area contributed by atoms with Crippen LogP contribution in [-0.4, -0.2) is 11.5 Å². The molecule has 0 aromatic rings. The van der Waals surface area contributed by atoms with Crippen LogP contribution in [0.5, 0.6) is 0 Å². The topological polar surface area (TPSA) is 23.8 Å². The van der Waals surface area contributed by atoms with Crippen LogP contribution in [-0.2, 0) is 0 Å². The SMILES string of the molecule is N#CC=C1CCCSC1. The Labute approximate surface area is 59.7 Å². The number of allylic oxidation sites excluding steroid dienone is 1. The van der Waals surface area contributed by atoms with Crippen molar-refractivity contribution in [2.75, 3.05) is 11.5 Å². The molecule has 0 aromatic carbocycles. The molecule has 48 valence electrons. The van der Waals surface area contributed by atoms with E-state index in [0.29, 0.717) is 0 Å². The van der Waals surface area contributed by atoms with Gasteiger partial charge in [0.1, 0.15) is 0 Å². The molecule has 0 spiro atoms. The summed E-state index contributed by atoms with van der Waals surface area (Å²) in [5.41, 5.74) is 1.31. The van der Waals surface area contributed by atoms with Crippen LogP contribution in [0.15, 0.2) is 11.6 Å². The molecule has 1 rings (SSSR count). The molecule has 0 atom stereocenters. The minimum atomic E-state index is 1.08. The van der Waals surface area contributed by atoms with Gasteiger partial charge in [0.05, 0.1) is 6.07 Å². The Kier molecular flexibility index (Phi) is 2.66. The summed E-state index contributed by atoms with van der Waals surface area (Å²) in [6.07, 6.45) is 4.07. The van der Waals surface area contributed by atoms with Crippen LogP contribution in [0.2, 0.25) is 0 Å². The fourth-order valence-corrected chi connectivity index (χ4v) is 1.86. The molecule has 0 saturated carbocycles. The van der Waals surface area contributed by atoms with Crippen molar-refractivity contribution >= 4 is 11.8 Å². The van der Waals surface area contributed by atoms with Crippen molar-refractivity contribution in [3.05, 3.63) is 11.6 Å². The largest absolute Gasteiger partial charge is 0.193 e. The van der Waals surface area contributed by atoms with E-state index in [1.165, 1.54) is 17.7 Å². The molecule has 9 heavy (non-hydrogen) atoms. The average Bonchev–Trinajstić information content (AvgIpc) is 1.91. The van der Waals surface area contributed by atoms with Gasteiger partial charge in [0, 0.05) is 11.8 Å². The van der Waals surface area contributed by atoms with Crippen LogP contribution in [0.4, 0.5) is 0 Å². The minimum absolute atomic E-state index is 1.08. The summed E-state index contributed by atoms with van der Waals surface area (Å²) in [6.45, 7) is 0. The van der Waals surface area contributed by atoms with Crippen molar-refractivity contribution in [1.29, 1.82) is 5.26 Å². The molecular weight excluding hydrogens is 130 g/mol. The summed E-state index contributed by atoms with van der Waals surface area (Å²) >= 11 is 1.92. The van der Waals surface area contributed by atoms with Gasteiger partial charge in [-0.2, -0.15) is 17.0 Å². The molecule has 1 heterocycles. The molecule has 1 aliphatic heterocycles. The van der Waals surface area contributed by atoms with Gasteiger partial charge in [-0.25, -0.2) is 0 Å². The predicted octanol–water partition coefficient (Wildman–Crippen LogP) is 1.96. The first-order chi connectivity index (χ1) is 4.43. The maximum Gasteiger partial charge on any atom is 0.0911 e. The third-order valence-corrected chi connectivity index (χ3v) is 2.49. The minimum Gasteiger partial charge on any atom is -0.193 e. The first kappa shape index (κ1) is 6.70. The highest BCUT2D eigenvalue weighted by molar-refractivity contribution is 7.99. The summed E-state index contributed by atoms with van der Waals surface area (Å²) in [7, 11) is 0. The average molecular weight is 139 g/mol. The zero-order valence-electron chi connectivity index (χ0n) is 5.26. The maximum atomic E-state index is 8.28. The van der Waals surface area contributed by atoms with E-state index < -0.39 is 0 Å². The van der Waals surface area contributed by atoms with Gasteiger partial charge in [-0.1, -0.05) is 0 Å². The molecule has 1 fully saturated rings. The van der Waals surface area contributed by atoms with E-state index >= 15 is 0 Å². The Morgan fingerprint density at radius 3 is 3.11 bits per heavy atom. The van der Waals surface area contributed by atoms with Crippen molar-refractivity contribution in [2.24, 2.45) is 0 Å². The van der Waals surface area contributed by atoms with E-state index in [0.717, 1.165) is 12.2 Å². The number of rotatable bonds is 0. The molecule has 1 saturated heterocycles. The van der Waals surface area contributed by atoms with Gasteiger partial charge in [0.2, 0.25) is 0 Å². The van der Waals surface area contributed by atoms with Crippen LogP contribution in [0.3, 0.4) is 0 Å². The molecule has 0 bridgehead atoms. The number of thioether (sulfide) groups is 1. The van der Waals surface area contributed by atoms with Gasteiger partial charge in [-0.3, -0.25) is 0 Å². The van der Waals surface area contributed by atoms with E-state index in [1.54, 1.807) is 6.08 Å². The Morgan fingerprint density at radius 2 is 2.56 bits per heavy atom. The number of hydrogen-bond donors (Lipinski definition) is 0. The number of nitrogens with zero attached hydrogens (tertiary/aromatic N) is 1. The predicted molar refractivity (Wildman–Crippen MR) is 40.3 cm³/mol. The summed E-state index contributed by atoms with van der Waals surface area (Å²) in [6, 6.07) is 2.06. The number of hydrogen-bond acceptors (Lipinski definition) is 2. The first-order valence-corrected chi connectivity index (χ1v) is 4.24. The van der Waals surface area contributed by atoms with Crippen molar-refractivity contribution < 1.29 is 0 Å². The lowest BCUT2D eigenvalue weighted by atomic mass is 10.1. The Bertz CT molecular complexity index is 147. The molecule has 0 amide bonds. The molecule has 0 unspecified atom stereocenters. The van der Waals surface area contributed by atoms with Gasteiger partial charge < -0.3 is 0 Å². The van der Waals surface area contributed by atoms with Crippen molar-refractivity contribution in [3.63, 3.8) is 0 Å². The van der Waals surface area contributed by atoms with Crippen molar-refractivity contribution in [3.8, 4) is 6.07 Å². The molecule has 0 N–H and O–H groups in total. The Hall–Kier alpha value is -0.420. The fraction of sp³-hybridized carbons (Fsp3) is 0.571. The maximum absolute atomic E-state index is 8.28. The molecule has 0 aromatic heterocycles. The van der Waals surface area contributed by atoms with Crippen LogP contribution in [0, 0.1) is 11.3 Å². The van der Waals surface area contributed by atoms with Crippen LogP contribution in [0.25, 0.3) is 0 Å². The molecule has 0 aliphatic carbocycles. The third kappa shape index (κ3) is 2.11. The van der Waals surface area contributed by atoms with Gasteiger partial charge >= 0.3 is 0 Å². The first-order valence-electron chi connectivity index (χ1n) is 3.09. The van der Waals surface area contributed by atoms with Crippen molar-refractivity contribution in [2.45, 2.75) is 12.8 Å². The number of nitriles is 1. The Balaban J connectivity index is 2.42. The zero-order valence-corrected chi connectivity index (χ0v) is 6.08. The standard InChI is InChI=1S/C7H9NS/c8-4-3-7-2-1-5-9-6-7/h3H,1-2,5-6H2. The van der Waals surface area contributed by atoms with Gasteiger partial charge in [-0.05, 0) is 24.2 Å². The summed E-state index contributed by atoms with van der Waals surface area (Å²) in [5.74, 6) is 2.34. The van der Waals surface area contributed by atoms with E-state index in [1.807, 2.05) is 11.8 Å². The Morgan fingerprint density at radius 1 is 1.67 bits per heavy atom.